The van der Waals surface area contributed by atoms with Crippen LogP contribution in [0.1, 0.15) is 29.4 Å². The fourth-order valence-corrected chi connectivity index (χ4v) is 5.06. The Labute approximate surface area is 194 Å². The number of anilines is 1. The smallest absolute Gasteiger partial charge is 0.261 e. The first-order chi connectivity index (χ1) is 14.9. The van der Waals surface area contributed by atoms with Crippen LogP contribution in [0, 0.1) is 0 Å². The number of nitrogens with one attached hydrogen (secondary N) is 1. The van der Waals surface area contributed by atoms with Crippen LogP contribution in [0.4, 0.5) is 5.95 Å². The highest BCUT2D eigenvalue weighted by molar-refractivity contribution is 7.20. The molecule has 1 saturated heterocycles. The van der Waals surface area contributed by atoms with Gasteiger partial charge in [-0.05, 0) is 45.0 Å². The van der Waals surface area contributed by atoms with Crippen molar-refractivity contribution >= 4 is 56.6 Å². The van der Waals surface area contributed by atoms with Crippen molar-refractivity contribution in [1.82, 2.24) is 20.2 Å². The number of benzene rings is 1. The van der Waals surface area contributed by atoms with Gasteiger partial charge in [0.15, 0.2) is 0 Å². The van der Waals surface area contributed by atoms with Gasteiger partial charge in [0.1, 0.15) is 16.7 Å². The molecule has 4 rings (SSSR count). The summed E-state index contributed by atoms with van der Waals surface area (Å²) in [6.45, 7) is 4.36. The van der Waals surface area contributed by atoms with Gasteiger partial charge >= 0.3 is 0 Å². The topological polar surface area (TPSA) is 93.4 Å². The Kier molecular flexibility index (Phi) is 6.52. The van der Waals surface area contributed by atoms with Crippen LogP contribution in [-0.2, 0) is 0 Å². The van der Waals surface area contributed by atoms with Gasteiger partial charge in [0, 0.05) is 30.6 Å². The quantitative estimate of drug-likeness (QED) is 0.560. The van der Waals surface area contributed by atoms with Gasteiger partial charge in [0.05, 0.1) is 20.6 Å². The van der Waals surface area contributed by atoms with E-state index < -0.39 is 0 Å². The molecule has 1 aliphatic rings. The molecule has 10 heteroatoms. The Morgan fingerprint density at radius 1 is 1.26 bits per heavy atom. The zero-order valence-electron chi connectivity index (χ0n) is 17.2. The third-order valence-corrected chi connectivity index (χ3v) is 6.84. The van der Waals surface area contributed by atoms with E-state index in [1.807, 2.05) is 6.92 Å². The number of fused-ring (bicyclic) bond motifs is 1. The maximum absolute atomic E-state index is 12.3. The van der Waals surface area contributed by atoms with Crippen LogP contribution in [0.2, 0.25) is 10.0 Å². The summed E-state index contributed by atoms with van der Waals surface area (Å²) in [5.74, 6) is 0.499. The highest BCUT2D eigenvalue weighted by Crippen LogP contribution is 2.41. The number of hydrogen-bond donors (Lipinski definition) is 2. The fraction of sp³-hybridized carbons (Fsp3) is 0.381. The Morgan fingerprint density at radius 2 is 2.00 bits per heavy atom. The van der Waals surface area contributed by atoms with E-state index in [2.05, 4.69) is 27.2 Å². The van der Waals surface area contributed by atoms with Crippen molar-refractivity contribution in [3.05, 3.63) is 33.1 Å². The maximum atomic E-state index is 12.3. The van der Waals surface area contributed by atoms with Crippen molar-refractivity contribution < 1.29 is 9.53 Å². The van der Waals surface area contributed by atoms with Crippen LogP contribution in [0.15, 0.2) is 18.2 Å². The van der Waals surface area contributed by atoms with E-state index in [-0.39, 0.29) is 18.0 Å². The average Bonchev–Trinajstić information content (AvgIpc) is 3.15. The van der Waals surface area contributed by atoms with E-state index in [9.17, 15) is 4.79 Å². The molecule has 3 aromatic rings. The number of nitrogens with two attached hydrogens (primary N) is 1. The summed E-state index contributed by atoms with van der Waals surface area (Å²) in [7, 11) is 2.10. The van der Waals surface area contributed by atoms with E-state index >= 15 is 0 Å². The molecule has 1 aliphatic heterocycles. The molecule has 0 saturated carbocycles. The van der Waals surface area contributed by atoms with Gasteiger partial charge in [-0.25, -0.2) is 9.97 Å². The highest BCUT2D eigenvalue weighted by atomic mass is 35.5. The van der Waals surface area contributed by atoms with E-state index in [1.165, 1.54) is 11.3 Å². The largest absolute Gasteiger partial charge is 0.489 e. The van der Waals surface area contributed by atoms with Gasteiger partial charge in [0.2, 0.25) is 5.95 Å². The monoisotopic (exact) mass is 479 g/mol. The molecule has 1 fully saturated rings. The first-order valence-electron chi connectivity index (χ1n) is 10.1. The molecule has 0 atom stereocenters. The SMILES string of the molecule is CCNC(=O)c1cc2c(-c3cc(OC4CCN(C)CC4)c(Cl)cc3Cl)nc(N)nc2s1. The minimum Gasteiger partial charge on any atom is -0.489 e. The molecular formula is C21H23Cl2N5O2S. The Hall–Kier alpha value is -2.13. The number of hydrogen-bond acceptors (Lipinski definition) is 7. The predicted molar refractivity (Wildman–Crippen MR) is 126 cm³/mol. The number of halogens is 2. The Bertz CT molecular complexity index is 1130. The van der Waals surface area contributed by atoms with E-state index in [1.54, 1.807) is 18.2 Å². The third-order valence-electron chi connectivity index (χ3n) is 5.21. The second-order valence-corrected chi connectivity index (χ2v) is 9.35. The maximum Gasteiger partial charge on any atom is 0.261 e. The lowest BCUT2D eigenvalue weighted by Crippen LogP contribution is -2.35. The van der Waals surface area contributed by atoms with Gasteiger partial charge in [0.25, 0.3) is 5.91 Å². The molecule has 164 valence electrons. The standard InChI is InChI=1S/C21H23Cl2N5O2S/c1-3-25-19(29)17-9-13-18(26-21(24)27-20(13)31-17)12-8-16(15(23)10-14(12)22)30-11-4-6-28(2)7-5-11/h8-11H,3-7H2,1-2H3,(H,25,29)(H2,24,26,27). The minimum absolute atomic E-state index is 0.0868. The number of amides is 1. The van der Waals surface area contributed by atoms with Gasteiger partial charge in [-0.1, -0.05) is 23.2 Å². The Balaban J connectivity index is 1.75. The number of nitrogens with zero attached hydrogens (tertiary/aromatic N) is 3. The number of carbonyl (C=O) groups is 1. The van der Waals surface area contributed by atoms with E-state index in [4.69, 9.17) is 33.7 Å². The second-order valence-electron chi connectivity index (χ2n) is 7.50. The van der Waals surface area contributed by atoms with Crippen LogP contribution in [0.3, 0.4) is 0 Å². The number of carbonyl (C=O) groups excluding carboxylic acids is 1. The molecule has 3 N–H and O–H groups in total. The number of rotatable bonds is 5. The zero-order chi connectivity index (χ0) is 22.1. The highest BCUT2D eigenvalue weighted by Gasteiger charge is 2.22. The van der Waals surface area contributed by atoms with Crippen molar-refractivity contribution in [2.24, 2.45) is 0 Å². The van der Waals surface area contributed by atoms with Crippen LogP contribution >= 0.6 is 34.5 Å². The van der Waals surface area contributed by atoms with Crippen LogP contribution < -0.4 is 15.8 Å². The third kappa shape index (κ3) is 4.72. The molecule has 0 unspecified atom stereocenters. The van der Waals surface area contributed by atoms with Crippen molar-refractivity contribution in [2.75, 3.05) is 32.4 Å². The number of nitrogen functional groups attached to an aromatic ring is 1. The summed E-state index contributed by atoms with van der Waals surface area (Å²) in [6, 6.07) is 5.22. The van der Waals surface area contributed by atoms with Crippen molar-refractivity contribution in [3.8, 4) is 17.0 Å². The Morgan fingerprint density at radius 3 is 2.71 bits per heavy atom. The second kappa shape index (κ2) is 9.16. The van der Waals surface area contributed by atoms with Crippen LogP contribution in [0.25, 0.3) is 21.5 Å². The van der Waals surface area contributed by atoms with Crippen molar-refractivity contribution in [3.63, 3.8) is 0 Å². The molecule has 0 aliphatic carbocycles. The molecule has 2 aromatic heterocycles. The first-order valence-corrected chi connectivity index (χ1v) is 11.6. The molecule has 1 amide bonds. The average molecular weight is 480 g/mol. The number of thiophene rings is 1. The molecule has 31 heavy (non-hydrogen) atoms. The zero-order valence-corrected chi connectivity index (χ0v) is 19.6. The van der Waals surface area contributed by atoms with E-state index in [0.717, 1.165) is 25.9 Å². The number of piperidine rings is 1. The minimum atomic E-state index is -0.163. The van der Waals surface area contributed by atoms with E-state index in [0.29, 0.717) is 48.7 Å². The van der Waals surface area contributed by atoms with Crippen LogP contribution in [-0.4, -0.2) is 53.6 Å². The molecule has 0 spiro atoms. The summed E-state index contributed by atoms with van der Waals surface area (Å²) < 4.78 is 6.22. The van der Waals surface area contributed by atoms with Gasteiger partial charge in [-0.3, -0.25) is 4.79 Å². The summed E-state index contributed by atoms with van der Waals surface area (Å²) in [5.41, 5.74) is 7.14. The molecule has 0 radical (unpaired) electrons. The molecule has 3 heterocycles. The van der Waals surface area contributed by atoms with Gasteiger partial charge < -0.3 is 20.7 Å². The van der Waals surface area contributed by atoms with Gasteiger partial charge in [-0.15, -0.1) is 11.3 Å². The molecular weight excluding hydrogens is 457 g/mol. The molecule has 1 aromatic carbocycles. The van der Waals surface area contributed by atoms with Crippen LogP contribution in [0.5, 0.6) is 5.75 Å². The lowest BCUT2D eigenvalue weighted by molar-refractivity contribution is 0.0960. The van der Waals surface area contributed by atoms with Crippen molar-refractivity contribution in [2.45, 2.75) is 25.9 Å². The summed E-state index contributed by atoms with van der Waals surface area (Å²) in [6.07, 6.45) is 1.94. The lowest BCUT2D eigenvalue weighted by atomic mass is 10.1. The molecule has 0 bridgehead atoms. The number of likely N-dealkylation sites (tertiary alicyclic amines) is 1. The molecule has 7 nitrogen and oxygen atoms in total. The lowest BCUT2D eigenvalue weighted by Gasteiger charge is -2.29. The van der Waals surface area contributed by atoms with Gasteiger partial charge in [-0.2, -0.15) is 0 Å². The summed E-state index contributed by atoms with van der Waals surface area (Å²) in [4.78, 5) is 24.5. The normalized spacial score (nSPS) is 15.4. The number of ether oxygens (including phenoxy) is 1. The fourth-order valence-electron chi connectivity index (χ4n) is 3.59. The summed E-state index contributed by atoms with van der Waals surface area (Å²) >= 11 is 14.2. The summed E-state index contributed by atoms with van der Waals surface area (Å²) in [5, 5.41) is 4.37. The van der Waals surface area contributed by atoms with Crippen molar-refractivity contribution in [1.29, 1.82) is 0 Å². The predicted octanol–water partition coefficient (Wildman–Crippen LogP) is 4.47. The first kappa shape index (κ1) is 22.1. The number of aromatic nitrogens is 2.